The van der Waals surface area contributed by atoms with Gasteiger partial charge in [0.25, 0.3) is 10.0 Å². The molecule has 15 heteroatoms. The summed E-state index contributed by atoms with van der Waals surface area (Å²) in [6.45, 7) is 3.90. The summed E-state index contributed by atoms with van der Waals surface area (Å²) in [5, 5.41) is 20.8. The van der Waals surface area contributed by atoms with Gasteiger partial charge in [0.15, 0.2) is 0 Å². The van der Waals surface area contributed by atoms with Crippen LogP contribution in [0.15, 0.2) is 41.6 Å². The highest BCUT2D eigenvalue weighted by Crippen LogP contribution is 2.41. The Bertz CT molecular complexity index is 1440. The Morgan fingerprint density at radius 2 is 1.90 bits per heavy atom. The first-order valence-electron chi connectivity index (χ1n) is 11.4. The number of hydrogen-bond acceptors (Lipinski definition) is 8. The summed E-state index contributed by atoms with van der Waals surface area (Å²) >= 11 is 0. The van der Waals surface area contributed by atoms with Crippen LogP contribution in [0.1, 0.15) is 39.7 Å². The maximum absolute atomic E-state index is 13.7. The monoisotopic (exact) mass is 570 g/mol. The van der Waals surface area contributed by atoms with Gasteiger partial charge in [-0.25, -0.2) is 13.2 Å². The third kappa shape index (κ3) is 6.33. The number of aromatic nitrogens is 1. The average Bonchev–Trinajstić information content (AvgIpc) is 2.82. The minimum Gasteiger partial charge on any atom is -0.486 e. The summed E-state index contributed by atoms with van der Waals surface area (Å²) in [7, 11) is -4.41. The summed E-state index contributed by atoms with van der Waals surface area (Å²) in [5.41, 5.74) is -4.30. The second-order valence-corrected chi connectivity index (χ2v) is 11.8. The third-order valence-corrected chi connectivity index (χ3v) is 7.66. The molecule has 1 aliphatic heterocycles. The van der Waals surface area contributed by atoms with Gasteiger partial charge in [-0.3, -0.25) is 19.4 Å². The maximum Gasteiger partial charge on any atom is 0.427 e. The van der Waals surface area contributed by atoms with Crippen molar-refractivity contribution in [3.05, 3.63) is 42.2 Å². The minimum atomic E-state index is -4.84. The van der Waals surface area contributed by atoms with Gasteiger partial charge in [0.1, 0.15) is 22.8 Å². The number of nitriles is 1. The number of amides is 1. The number of aliphatic carboxylic acids is 1. The maximum atomic E-state index is 13.7. The molecule has 11 nitrogen and oxygen atoms in total. The average molecular weight is 571 g/mol. The molecule has 1 aromatic heterocycles. The highest BCUT2D eigenvalue weighted by molar-refractivity contribution is 7.92. The lowest BCUT2D eigenvalue weighted by molar-refractivity contribution is -0.242. The molecule has 210 valence electrons. The number of rotatable bonds is 7. The van der Waals surface area contributed by atoms with E-state index in [0.717, 1.165) is 22.6 Å². The van der Waals surface area contributed by atoms with Crippen LogP contribution in [-0.2, 0) is 19.6 Å². The number of carboxylic acids is 1. The van der Waals surface area contributed by atoms with Crippen LogP contribution in [0.4, 0.5) is 29.3 Å². The number of carbonyl (C=O) groups is 2. The van der Waals surface area contributed by atoms with Gasteiger partial charge in [0, 0.05) is 24.5 Å². The molecule has 0 saturated heterocycles. The molecular weight excluding hydrogens is 545 g/mol. The Hall–Kier alpha value is -4.06. The predicted molar refractivity (Wildman–Crippen MR) is 131 cm³/mol. The number of nitrogens with one attached hydrogen (secondary N) is 1. The number of hydrogen-bond donors (Lipinski definition) is 2. The molecule has 1 atom stereocenters. The molecule has 1 unspecified atom stereocenters. The SMILES string of the molecule is CC(C)(CC1CN(S(=O)(=O)c2cncc(C#N)c2)c2cc(NC(=O)OC(C)(C)C(F)(F)F)ccc2O1)C(=O)O. The van der Waals surface area contributed by atoms with Crippen molar-refractivity contribution in [1.82, 2.24) is 4.98 Å². The van der Waals surface area contributed by atoms with Gasteiger partial charge in [-0.15, -0.1) is 0 Å². The molecule has 39 heavy (non-hydrogen) atoms. The quantitative estimate of drug-likeness (QED) is 0.495. The zero-order valence-electron chi connectivity index (χ0n) is 21.2. The number of halogens is 3. The molecule has 3 rings (SSSR count). The lowest BCUT2D eigenvalue weighted by Crippen LogP contribution is -2.46. The molecule has 2 heterocycles. The Labute approximate surface area is 222 Å². The van der Waals surface area contributed by atoms with E-state index in [4.69, 9.17) is 4.74 Å². The zero-order chi connectivity index (χ0) is 29.4. The van der Waals surface area contributed by atoms with Crippen LogP contribution < -0.4 is 14.4 Å². The second-order valence-electron chi connectivity index (χ2n) is 9.90. The van der Waals surface area contributed by atoms with Crippen LogP contribution in [0.25, 0.3) is 0 Å². The summed E-state index contributed by atoms with van der Waals surface area (Å²) in [5.74, 6) is -1.12. The van der Waals surface area contributed by atoms with E-state index in [-0.39, 0.29) is 40.5 Å². The molecular formula is C24H25F3N4O7S. The Morgan fingerprint density at radius 3 is 2.49 bits per heavy atom. The molecule has 2 N–H and O–H groups in total. The molecule has 1 aromatic carbocycles. The summed E-state index contributed by atoms with van der Waals surface area (Å²) in [6.07, 6.45) is -5.08. The number of carbonyl (C=O) groups excluding carboxylic acids is 1. The molecule has 0 saturated carbocycles. The van der Waals surface area contributed by atoms with Crippen LogP contribution in [0, 0.1) is 16.7 Å². The van der Waals surface area contributed by atoms with Crippen molar-refractivity contribution >= 4 is 33.5 Å². The standard InChI is InChI=1S/C24H25F3N4O7S/c1-22(2,20(32)33)9-16-13-31(39(35,36)17-7-14(10-28)11-29-12-17)18-8-15(5-6-19(18)37-16)30-21(34)38-23(3,4)24(25,26)27/h5-8,11-12,16H,9,13H2,1-4H3,(H,30,34)(H,32,33). The number of anilines is 2. The van der Waals surface area contributed by atoms with Gasteiger partial charge in [0.2, 0.25) is 5.60 Å². The number of fused-ring (bicyclic) bond motifs is 1. The van der Waals surface area contributed by atoms with E-state index < -0.39 is 45.4 Å². The van der Waals surface area contributed by atoms with E-state index in [1.54, 1.807) is 6.07 Å². The van der Waals surface area contributed by atoms with Gasteiger partial charge in [-0.05, 0) is 52.0 Å². The van der Waals surface area contributed by atoms with Crippen molar-refractivity contribution in [3.8, 4) is 11.8 Å². The van der Waals surface area contributed by atoms with Crippen LogP contribution in [-0.4, -0.2) is 55.0 Å². The van der Waals surface area contributed by atoms with Crippen molar-refractivity contribution < 1.29 is 45.8 Å². The second kappa shape index (κ2) is 10.3. The summed E-state index contributed by atoms with van der Waals surface area (Å²) in [6, 6.07) is 6.60. The number of benzene rings is 1. The van der Waals surface area contributed by atoms with Gasteiger partial charge >= 0.3 is 18.2 Å². The van der Waals surface area contributed by atoms with Gasteiger partial charge < -0.3 is 14.6 Å². The van der Waals surface area contributed by atoms with Crippen LogP contribution in [0.2, 0.25) is 0 Å². The third-order valence-electron chi connectivity index (χ3n) is 5.91. The van der Waals surface area contributed by atoms with Crippen LogP contribution in [0.5, 0.6) is 5.75 Å². The fraction of sp³-hybridized carbons (Fsp3) is 0.417. The predicted octanol–water partition coefficient (Wildman–Crippen LogP) is 4.30. The van der Waals surface area contributed by atoms with Crippen LogP contribution >= 0.6 is 0 Å². The topological polar surface area (TPSA) is 159 Å². The molecule has 2 aromatic rings. The van der Waals surface area contributed by atoms with E-state index in [2.05, 4.69) is 15.0 Å². The van der Waals surface area contributed by atoms with Gasteiger partial charge in [-0.1, -0.05) is 0 Å². The Morgan fingerprint density at radius 1 is 1.23 bits per heavy atom. The van der Waals surface area contributed by atoms with Crippen molar-refractivity contribution in [1.29, 1.82) is 5.26 Å². The minimum absolute atomic E-state index is 0.00921. The molecule has 0 aliphatic carbocycles. The largest absolute Gasteiger partial charge is 0.486 e. The van der Waals surface area contributed by atoms with E-state index in [0.29, 0.717) is 13.8 Å². The number of ether oxygens (including phenoxy) is 2. The van der Waals surface area contributed by atoms with Crippen LogP contribution in [0.3, 0.4) is 0 Å². The Kier molecular flexibility index (Phi) is 7.75. The zero-order valence-corrected chi connectivity index (χ0v) is 22.1. The van der Waals surface area contributed by atoms with E-state index >= 15 is 0 Å². The first-order valence-corrected chi connectivity index (χ1v) is 12.8. The normalized spacial score (nSPS) is 15.9. The van der Waals surface area contributed by atoms with E-state index in [1.165, 1.54) is 32.2 Å². The lowest BCUT2D eigenvalue weighted by atomic mass is 9.86. The van der Waals surface area contributed by atoms with E-state index in [9.17, 15) is 41.5 Å². The lowest BCUT2D eigenvalue weighted by Gasteiger charge is -2.37. The van der Waals surface area contributed by atoms with Crippen molar-refractivity contribution in [2.75, 3.05) is 16.2 Å². The first-order chi connectivity index (χ1) is 17.9. The summed E-state index contributed by atoms with van der Waals surface area (Å²) < 4.78 is 77.9. The van der Waals surface area contributed by atoms with Crippen molar-refractivity contribution in [2.45, 2.75) is 56.9 Å². The van der Waals surface area contributed by atoms with Crippen molar-refractivity contribution in [2.24, 2.45) is 5.41 Å². The summed E-state index contributed by atoms with van der Waals surface area (Å²) in [4.78, 5) is 27.3. The van der Waals surface area contributed by atoms with Gasteiger partial charge in [-0.2, -0.15) is 18.4 Å². The number of pyridine rings is 1. The van der Waals surface area contributed by atoms with Crippen molar-refractivity contribution in [3.63, 3.8) is 0 Å². The molecule has 0 bridgehead atoms. The molecule has 0 spiro atoms. The molecule has 0 fully saturated rings. The molecule has 0 radical (unpaired) electrons. The number of sulfonamides is 1. The fourth-order valence-electron chi connectivity index (χ4n) is 3.56. The first kappa shape index (κ1) is 29.5. The fourth-order valence-corrected chi connectivity index (χ4v) is 5.05. The Balaban J connectivity index is 2.02. The smallest absolute Gasteiger partial charge is 0.427 e. The highest BCUT2D eigenvalue weighted by Gasteiger charge is 2.51. The number of nitrogens with zero attached hydrogens (tertiary/aromatic N) is 3. The molecule has 1 amide bonds. The van der Waals surface area contributed by atoms with Gasteiger partial charge in [0.05, 0.1) is 23.2 Å². The number of carboxylic acid groups (broad SMARTS) is 1. The number of alkyl halides is 3. The van der Waals surface area contributed by atoms with E-state index in [1.807, 2.05) is 0 Å². The highest BCUT2D eigenvalue weighted by atomic mass is 32.2. The molecule has 1 aliphatic rings.